The molecule has 0 fully saturated rings. The summed E-state index contributed by atoms with van der Waals surface area (Å²) in [6.07, 6.45) is 3.60. The molecular weight excluding hydrogens is 386 g/mol. The summed E-state index contributed by atoms with van der Waals surface area (Å²) in [5.41, 5.74) is 8.43. The van der Waals surface area contributed by atoms with Gasteiger partial charge in [0, 0.05) is 23.8 Å². The van der Waals surface area contributed by atoms with Crippen molar-refractivity contribution in [2.75, 3.05) is 11.1 Å². The fraction of sp³-hybridized carbons (Fsp3) is 0.0526. The molecule has 3 N–H and O–H groups in total. The van der Waals surface area contributed by atoms with Gasteiger partial charge in [0.2, 0.25) is 5.82 Å². The molecule has 0 aliphatic carbocycles. The number of hydrogen-bond acceptors (Lipinski definition) is 8. The van der Waals surface area contributed by atoms with Gasteiger partial charge in [-0.1, -0.05) is 5.16 Å². The maximum absolute atomic E-state index is 12.8. The molecule has 5 rings (SSSR count). The van der Waals surface area contributed by atoms with Gasteiger partial charge in [-0.05, 0) is 59.8 Å². The molecule has 0 unspecified atom stereocenters. The van der Waals surface area contributed by atoms with Gasteiger partial charge < -0.3 is 20.1 Å². The molecule has 11 heteroatoms. The lowest BCUT2D eigenvalue weighted by Gasteiger charge is -2.08. The zero-order chi connectivity index (χ0) is 20.7. The van der Waals surface area contributed by atoms with E-state index < -0.39 is 5.91 Å². The number of nitrogen functional groups attached to an aromatic ring is 1. The maximum Gasteiger partial charge on any atom is 0.295 e. The smallest absolute Gasteiger partial charge is 0.295 e. The second kappa shape index (κ2) is 6.81. The van der Waals surface area contributed by atoms with E-state index in [0.717, 1.165) is 11.5 Å². The van der Waals surface area contributed by atoms with Gasteiger partial charge >= 0.3 is 0 Å². The molecule has 11 nitrogen and oxygen atoms in total. The number of fused-ring (bicyclic) bond motifs is 1. The van der Waals surface area contributed by atoms with Crippen LogP contribution < -0.4 is 11.1 Å². The number of carbonyl (C=O) groups excluding carboxylic acids is 1. The molecule has 148 valence electrons. The van der Waals surface area contributed by atoms with Crippen molar-refractivity contribution in [3.05, 3.63) is 66.5 Å². The zero-order valence-electron chi connectivity index (χ0n) is 15.7. The van der Waals surface area contributed by atoms with E-state index in [0.29, 0.717) is 22.3 Å². The molecule has 3 aromatic heterocycles. The second-order valence-corrected chi connectivity index (χ2v) is 6.51. The number of nitrogens with one attached hydrogen (secondary N) is 1. The number of nitrogens with two attached hydrogens (primary N) is 1. The van der Waals surface area contributed by atoms with Crippen LogP contribution in [0.15, 0.2) is 59.4 Å². The Kier molecular flexibility index (Phi) is 3.98. The number of tetrazole rings is 1. The molecular formula is C19H15N9O2. The summed E-state index contributed by atoms with van der Waals surface area (Å²) in [7, 11) is 0. The molecule has 0 spiro atoms. The highest BCUT2D eigenvalue weighted by Gasteiger charge is 2.18. The monoisotopic (exact) mass is 401 g/mol. The summed E-state index contributed by atoms with van der Waals surface area (Å²) in [4.78, 5) is 17.0. The van der Waals surface area contributed by atoms with Gasteiger partial charge in [-0.25, -0.2) is 4.98 Å². The van der Waals surface area contributed by atoms with Crippen LogP contribution in [-0.2, 0) is 0 Å². The SMILES string of the molecule is Cc1nccn1-c1ccc(NC(=O)c2nnnn2-c2ccc3onc(N)c3c2)cc1. The third kappa shape index (κ3) is 2.94. The van der Waals surface area contributed by atoms with E-state index in [1.54, 1.807) is 36.5 Å². The minimum Gasteiger partial charge on any atom is -0.380 e. The van der Waals surface area contributed by atoms with Gasteiger partial charge in [0.1, 0.15) is 5.82 Å². The highest BCUT2D eigenvalue weighted by Crippen LogP contribution is 2.23. The number of nitrogens with zero attached hydrogens (tertiary/aromatic N) is 7. The predicted molar refractivity (Wildman–Crippen MR) is 107 cm³/mol. The first-order chi connectivity index (χ1) is 14.6. The van der Waals surface area contributed by atoms with E-state index in [9.17, 15) is 4.79 Å². The van der Waals surface area contributed by atoms with Gasteiger partial charge in [-0.2, -0.15) is 4.68 Å². The largest absolute Gasteiger partial charge is 0.380 e. The molecule has 0 atom stereocenters. The number of rotatable bonds is 4. The molecule has 0 aliphatic heterocycles. The highest BCUT2D eigenvalue weighted by atomic mass is 16.5. The van der Waals surface area contributed by atoms with Crippen LogP contribution in [0.4, 0.5) is 11.5 Å². The average molecular weight is 401 g/mol. The van der Waals surface area contributed by atoms with Crippen molar-refractivity contribution in [2.24, 2.45) is 0 Å². The molecule has 2 aromatic carbocycles. The van der Waals surface area contributed by atoms with Crippen molar-refractivity contribution < 1.29 is 9.32 Å². The lowest BCUT2D eigenvalue weighted by Crippen LogP contribution is -2.18. The van der Waals surface area contributed by atoms with Crippen LogP contribution in [0.2, 0.25) is 0 Å². The summed E-state index contributed by atoms with van der Waals surface area (Å²) in [6.45, 7) is 1.92. The first-order valence-electron chi connectivity index (χ1n) is 8.95. The Hall–Kier alpha value is -4.54. The molecule has 0 aliphatic rings. The molecule has 0 bridgehead atoms. The van der Waals surface area contributed by atoms with Gasteiger partial charge in [-0.15, -0.1) is 5.10 Å². The first kappa shape index (κ1) is 17.6. The van der Waals surface area contributed by atoms with Crippen molar-refractivity contribution in [3.63, 3.8) is 0 Å². The van der Waals surface area contributed by atoms with Crippen molar-refractivity contribution in [2.45, 2.75) is 6.92 Å². The Morgan fingerprint density at radius 1 is 1.13 bits per heavy atom. The Labute approximate surface area is 169 Å². The molecule has 30 heavy (non-hydrogen) atoms. The van der Waals surface area contributed by atoms with E-state index in [2.05, 4.69) is 31.0 Å². The lowest BCUT2D eigenvalue weighted by atomic mass is 10.2. The van der Waals surface area contributed by atoms with Crippen LogP contribution in [0.1, 0.15) is 16.4 Å². The normalized spacial score (nSPS) is 11.1. The van der Waals surface area contributed by atoms with Gasteiger partial charge in [0.05, 0.1) is 11.1 Å². The number of benzene rings is 2. The number of anilines is 2. The molecule has 1 amide bonds. The van der Waals surface area contributed by atoms with Gasteiger partial charge in [-0.3, -0.25) is 4.79 Å². The number of hydrogen-bond donors (Lipinski definition) is 2. The van der Waals surface area contributed by atoms with E-state index in [4.69, 9.17) is 10.3 Å². The number of amides is 1. The van der Waals surface area contributed by atoms with Crippen molar-refractivity contribution in [1.82, 2.24) is 34.9 Å². The fourth-order valence-electron chi connectivity index (χ4n) is 3.12. The van der Waals surface area contributed by atoms with Gasteiger partial charge in [0.15, 0.2) is 11.4 Å². The van der Waals surface area contributed by atoms with Gasteiger partial charge in [0.25, 0.3) is 5.91 Å². The molecule has 5 aromatic rings. The summed E-state index contributed by atoms with van der Waals surface area (Å²) >= 11 is 0. The summed E-state index contributed by atoms with van der Waals surface area (Å²) < 4.78 is 8.37. The van der Waals surface area contributed by atoms with E-state index in [-0.39, 0.29) is 11.6 Å². The zero-order valence-corrected chi connectivity index (χ0v) is 15.7. The van der Waals surface area contributed by atoms with Crippen LogP contribution in [0.25, 0.3) is 22.3 Å². The number of aryl methyl sites for hydroxylation is 1. The van der Waals surface area contributed by atoms with Crippen LogP contribution in [0.5, 0.6) is 0 Å². The third-order valence-electron chi connectivity index (χ3n) is 4.63. The Morgan fingerprint density at radius 3 is 2.70 bits per heavy atom. The second-order valence-electron chi connectivity index (χ2n) is 6.51. The van der Waals surface area contributed by atoms with Crippen molar-refractivity contribution in [3.8, 4) is 11.4 Å². The third-order valence-corrected chi connectivity index (χ3v) is 4.63. The standard InChI is InChI=1S/C19H15N9O2/c1-11-21-8-9-27(11)13-4-2-12(3-5-13)22-19(29)18-23-25-26-28(18)14-6-7-16-15(10-14)17(20)24-30-16/h2-10H,1H3,(H2,20,24)(H,22,29). The summed E-state index contributed by atoms with van der Waals surface area (Å²) in [5.74, 6) is 0.694. The van der Waals surface area contributed by atoms with Crippen molar-refractivity contribution >= 4 is 28.4 Å². The van der Waals surface area contributed by atoms with Crippen LogP contribution >= 0.6 is 0 Å². The Morgan fingerprint density at radius 2 is 1.93 bits per heavy atom. The average Bonchev–Trinajstić information content (AvgIpc) is 3.49. The van der Waals surface area contributed by atoms with Crippen molar-refractivity contribution in [1.29, 1.82) is 0 Å². The quantitative estimate of drug-likeness (QED) is 0.466. The highest BCUT2D eigenvalue weighted by molar-refractivity contribution is 6.02. The molecule has 0 saturated heterocycles. The topological polar surface area (TPSA) is 143 Å². The summed E-state index contributed by atoms with van der Waals surface area (Å²) in [6, 6.07) is 12.5. The molecule has 0 saturated carbocycles. The maximum atomic E-state index is 12.8. The first-order valence-corrected chi connectivity index (χ1v) is 8.95. The van der Waals surface area contributed by atoms with E-state index in [1.165, 1.54) is 4.68 Å². The van der Waals surface area contributed by atoms with Crippen LogP contribution in [-0.4, -0.2) is 40.8 Å². The Bertz CT molecular complexity index is 1360. The number of carbonyl (C=O) groups is 1. The van der Waals surface area contributed by atoms with Crippen LogP contribution in [0, 0.1) is 6.92 Å². The van der Waals surface area contributed by atoms with Crippen LogP contribution in [0.3, 0.4) is 0 Å². The minimum absolute atomic E-state index is 0.0268. The number of imidazole rings is 1. The van der Waals surface area contributed by atoms with E-state index in [1.807, 2.05) is 29.8 Å². The fourth-order valence-corrected chi connectivity index (χ4v) is 3.12. The van der Waals surface area contributed by atoms with E-state index >= 15 is 0 Å². The predicted octanol–water partition coefficient (Wildman–Crippen LogP) is 2.13. The molecule has 3 heterocycles. The summed E-state index contributed by atoms with van der Waals surface area (Å²) in [5, 5.41) is 18.5. The molecule has 0 radical (unpaired) electrons. The number of aromatic nitrogens is 7. The Balaban J connectivity index is 1.40. The lowest BCUT2D eigenvalue weighted by molar-refractivity contribution is 0.101. The minimum atomic E-state index is -0.454.